The largest absolute Gasteiger partial charge is 0.389 e. The number of aryl methyl sites for hydroxylation is 1. The summed E-state index contributed by atoms with van der Waals surface area (Å²) in [6, 6.07) is 7.76. The van der Waals surface area contributed by atoms with Crippen LogP contribution in [0.4, 0.5) is 0 Å². The number of carbonyl (C=O) groups is 1. The van der Waals surface area contributed by atoms with Crippen molar-refractivity contribution in [1.29, 1.82) is 0 Å². The molecule has 0 aromatic heterocycles. The van der Waals surface area contributed by atoms with Gasteiger partial charge in [0.05, 0.1) is 5.60 Å². The lowest BCUT2D eigenvalue weighted by atomic mass is 9.96. The number of benzene rings is 1. The lowest BCUT2D eigenvalue weighted by Gasteiger charge is -2.39. The Hall–Kier alpha value is -1.39. The Morgan fingerprint density at radius 1 is 1.09 bits per heavy atom. The van der Waals surface area contributed by atoms with Gasteiger partial charge in [0.2, 0.25) is 0 Å². The maximum Gasteiger partial charge on any atom is 0.253 e. The molecule has 22 heavy (non-hydrogen) atoms. The molecule has 0 atom stereocenters. The van der Waals surface area contributed by atoms with Gasteiger partial charge in [-0.25, -0.2) is 0 Å². The van der Waals surface area contributed by atoms with Crippen LogP contribution >= 0.6 is 0 Å². The van der Waals surface area contributed by atoms with Crippen molar-refractivity contribution in [3.63, 3.8) is 0 Å². The molecule has 4 nitrogen and oxygen atoms in total. The number of carbonyl (C=O) groups excluding carboxylic acids is 1. The smallest absolute Gasteiger partial charge is 0.253 e. The summed E-state index contributed by atoms with van der Waals surface area (Å²) in [6.07, 6.45) is 1.54. The maximum atomic E-state index is 12.5. The van der Waals surface area contributed by atoms with Gasteiger partial charge in [-0.2, -0.15) is 0 Å². The van der Waals surface area contributed by atoms with E-state index >= 15 is 0 Å². The lowest BCUT2D eigenvalue weighted by molar-refractivity contribution is -0.0139. The monoisotopic (exact) mass is 304 g/mol. The van der Waals surface area contributed by atoms with Gasteiger partial charge in [0, 0.05) is 38.3 Å². The highest BCUT2D eigenvalue weighted by Crippen LogP contribution is 2.18. The number of piperazine rings is 1. The van der Waals surface area contributed by atoms with Crippen molar-refractivity contribution >= 4 is 5.91 Å². The van der Waals surface area contributed by atoms with Crippen LogP contribution in [0.15, 0.2) is 24.3 Å². The first-order valence-corrected chi connectivity index (χ1v) is 8.28. The number of hydrogen-bond acceptors (Lipinski definition) is 3. The van der Waals surface area contributed by atoms with Crippen molar-refractivity contribution in [2.75, 3.05) is 32.7 Å². The number of amides is 1. The highest BCUT2D eigenvalue weighted by atomic mass is 16.3. The summed E-state index contributed by atoms with van der Waals surface area (Å²) in [7, 11) is 0. The molecule has 1 fully saturated rings. The number of β-amino-alcohol motifs (C(OH)–C–C–N with tert-alkyl or cyclic N) is 1. The fourth-order valence-electron chi connectivity index (χ4n) is 2.88. The maximum absolute atomic E-state index is 12.5. The van der Waals surface area contributed by atoms with Gasteiger partial charge in [-0.15, -0.1) is 0 Å². The van der Waals surface area contributed by atoms with E-state index in [4.69, 9.17) is 0 Å². The zero-order chi connectivity index (χ0) is 16.2. The third kappa shape index (κ3) is 4.08. The molecule has 1 amide bonds. The normalized spacial score (nSPS) is 16.8. The number of nitrogens with zero attached hydrogens (tertiary/aromatic N) is 2. The molecule has 122 valence electrons. The van der Waals surface area contributed by atoms with Crippen LogP contribution in [0.3, 0.4) is 0 Å². The minimum absolute atomic E-state index is 0.112. The zero-order valence-electron chi connectivity index (χ0n) is 14.0. The lowest BCUT2D eigenvalue weighted by Crippen LogP contribution is -2.53. The van der Waals surface area contributed by atoms with Gasteiger partial charge in [0.25, 0.3) is 5.91 Å². The van der Waals surface area contributed by atoms with Crippen molar-refractivity contribution in [2.24, 2.45) is 0 Å². The van der Waals surface area contributed by atoms with E-state index in [9.17, 15) is 9.90 Å². The van der Waals surface area contributed by atoms with Crippen LogP contribution in [0.5, 0.6) is 0 Å². The predicted octanol–water partition coefficient (Wildman–Crippen LogP) is 2.30. The fraction of sp³-hybridized carbons (Fsp3) is 0.611. The van der Waals surface area contributed by atoms with Gasteiger partial charge >= 0.3 is 0 Å². The van der Waals surface area contributed by atoms with Crippen LogP contribution in [-0.2, 0) is 0 Å². The van der Waals surface area contributed by atoms with Crippen LogP contribution in [0, 0.1) is 6.92 Å². The Kier molecular flexibility index (Phi) is 5.59. The molecule has 1 N–H and O–H groups in total. The molecule has 4 heteroatoms. The van der Waals surface area contributed by atoms with Crippen molar-refractivity contribution in [2.45, 2.75) is 39.2 Å². The molecule has 0 spiro atoms. The second-order valence-corrected chi connectivity index (χ2v) is 6.37. The van der Waals surface area contributed by atoms with E-state index in [1.807, 2.05) is 49.9 Å². The quantitative estimate of drug-likeness (QED) is 0.908. The van der Waals surface area contributed by atoms with E-state index in [2.05, 4.69) is 4.90 Å². The Bertz CT molecular complexity index is 486. The molecule has 2 rings (SSSR count). The Balaban J connectivity index is 1.89. The molecule has 1 aliphatic rings. The first-order chi connectivity index (χ1) is 10.5. The summed E-state index contributed by atoms with van der Waals surface area (Å²) in [5.74, 6) is 0.112. The summed E-state index contributed by atoms with van der Waals surface area (Å²) in [5, 5.41) is 10.4. The van der Waals surface area contributed by atoms with E-state index in [1.165, 1.54) is 5.56 Å². The molecule has 1 aromatic rings. The number of rotatable bonds is 5. The van der Waals surface area contributed by atoms with E-state index in [-0.39, 0.29) is 5.91 Å². The highest BCUT2D eigenvalue weighted by molar-refractivity contribution is 5.94. The molecule has 1 aliphatic heterocycles. The van der Waals surface area contributed by atoms with Crippen LogP contribution in [-0.4, -0.2) is 59.1 Å². The summed E-state index contributed by atoms with van der Waals surface area (Å²) < 4.78 is 0. The fourth-order valence-corrected chi connectivity index (χ4v) is 2.88. The van der Waals surface area contributed by atoms with Gasteiger partial charge in [0.15, 0.2) is 0 Å². The third-order valence-electron chi connectivity index (χ3n) is 4.79. The number of hydrogen-bond donors (Lipinski definition) is 1. The van der Waals surface area contributed by atoms with Crippen molar-refractivity contribution in [1.82, 2.24) is 9.80 Å². The van der Waals surface area contributed by atoms with E-state index in [0.29, 0.717) is 6.54 Å². The first-order valence-electron chi connectivity index (χ1n) is 8.28. The van der Waals surface area contributed by atoms with E-state index < -0.39 is 5.60 Å². The van der Waals surface area contributed by atoms with Crippen molar-refractivity contribution < 1.29 is 9.90 Å². The van der Waals surface area contributed by atoms with Gasteiger partial charge in [0.1, 0.15) is 0 Å². The minimum Gasteiger partial charge on any atom is -0.389 e. The third-order valence-corrected chi connectivity index (χ3v) is 4.79. The average Bonchev–Trinajstić information content (AvgIpc) is 2.55. The second kappa shape index (κ2) is 7.25. The van der Waals surface area contributed by atoms with Crippen LogP contribution in [0.25, 0.3) is 0 Å². The van der Waals surface area contributed by atoms with Crippen molar-refractivity contribution in [3.8, 4) is 0 Å². The van der Waals surface area contributed by atoms with Gasteiger partial charge in [-0.1, -0.05) is 31.5 Å². The summed E-state index contributed by atoms with van der Waals surface area (Å²) in [4.78, 5) is 16.7. The minimum atomic E-state index is -0.594. The Labute approximate surface area is 133 Å². The van der Waals surface area contributed by atoms with Crippen LogP contribution in [0.2, 0.25) is 0 Å². The molecular weight excluding hydrogens is 276 g/mol. The molecule has 1 heterocycles. The summed E-state index contributed by atoms with van der Waals surface area (Å²) in [5.41, 5.74) is 1.33. The average molecular weight is 304 g/mol. The molecule has 0 bridgehead atoms. The molecule has 1 aromatic carbocycles. The van der Waals surface area contributed by atoms with Crippen molar-refractivity contribution in [3.05, 3.63) is 35.4 Å². The Morgan fingerprint density at radius 2 is 1.64 bits per heavy atom. The standard InChI is InChI=1S/C18H28N2O2/c1-4-18(22,5-2)14-19-10-12-20(13-11-19)17(21)16-8-6-15(3)7-9-16/h6-9,22H,4-5,10-14H2,1-3H3. The van der Waals surface area contributed by atoms with Gasteiger partial charge in [-0.3, -0.25) is 9.69 Å². The zero-order valence-corrected chi connectivity index (χ0v) is 14.0. The molecular formula is C18H28N2O2. The molecule has 1 saturated heterocycles. The van der Waals surface area contributed by atoms with E-state index in [0.717, 1.165) is 44.6 Å². The summed E-state index contributed by atoms with van der Waals surface area (Å²) >= 11 is 0. The first kappa shape index (κ1) is 17.0. The molecule has 0 aliphatic carbocycles. The summed E-state index contributed by atoms with van der Waals surface area (Å²) in [6.45, 7) is 9.91. The molecule has 0 radical (unpaired) electrons. The van der Waals surface area contributed by atoms with Crippen LogP contribution < -0.4 is 0 Å². The Morgan fingerprint density at radius 3 is 2.14 bits per heavy atom. The second-order valence-electron chi connectivity index (χ2n) is 6.37. The highest BCUT2D eigenvalue weighted by Gasteiger charge is 2.29. The van der Waals surface area contributed by atoms with Crippen LogP contribution in [0.1, 0.15) is 42.6 Å². The number of aliphatic hydroxyl groups is 1. The van der Waals surface area contributed by atoms with Gasteiger partial charge < -0.3 is 10.0 Å². The SMILES string of the molecule is CCC(O)(CC)CN1CCN(C(=O)c2ccc(C)cc2)CC1. The molecule has 0 saturated carbocycles. The predicted molar refractivity (Wildman–Crippen MR) is 89.1 cm³/mol. The topological polar surface area (TPSA) is 43.8 Å². The molecule has 0 unspecified atom stereocenters. The van der Waals surface area contributed by atoms with E-state index in [1.54, 1.807) is 0 Å². The van der Waals surface area contributed by atoms with Gasteiger partial charge in [-0.05, 0) is 31.9 Å².